The molecule has 0 spiro atoms. The lowest BCUT2D eigenvalue weighted by atomic mass is 9.90. The van der Waals surface area contributed by atoms with Crippen LogP contribution >= 0.6 is 0 Å². The van der Waals surface area contributed by atoms with E-state index < -0.39 is 0 Å². The van der Waals surface area contributed by atoms with Gasteiger partial charge in [-0.2, -0.15) is 0 Å². The lowest BCUT2D eigenvalue weighted by molar-refractivity contribution is 0.337. The van der Waals surface area contributed by atoms with Crippen molar-refractivity contribution in [3.8, 4) is 5.75 Å². The van der Waals surface area contributed by atoms with Gasteiger partial charge in [0.05, 0.1) is 12.8 Å². The van der Waals surface area contributed by atoms with Crippen molar-refractivity contribution in [2.24, 2.45) is 5.92 Å². The van der Waals surface area contributed by atoms with Gasteiger partial charge >= 0.3 is 0 Å². The van der Waals surface area contributed by atoms with Gasteiger partial charge in [-0.05, 0) is 49.9 Å². The molecule has 0 aliphatic carbocycles. The van der Waals surface area contributed by atoms with Gasteiger partial charge in [-0.3, -0.25) is 4.98 Å². The van der Waals surface area contributed by atoms with Crippen molar-refractivity contribution in [2.75, 3.05) is 19.7 Å². The van der Waals surface area contributed by atoms with Crippen LogP contribution in [-0.2, 0) is 0 Å². The summed E-state index contributed by atoms with van der Waals surface area (Å²) in [6.45, 7) is 11.5. The molecule has 1 N–H and O–H groups in total. The van der Waals surface area contributed by atoms with Crippen LogP contribution in [0.5, 0.6) is 5.75 Å². The topological polar surface area (TPSA) is 34.2 Å². The summed E-state index contributed by atoms with van der Waals surface area (Å²) in [5.41, 5.74) is 1.26. The van der Waals surface area contributed by atoms with Crippen LogP contribution in [0.1, 0.15) is 45.6 Å². The molecular weight excluding hydrogens is 224 g/mol. The quantitative estimate of drug-likeness (QED) is 0.719. The Bertz CT molecular complexity index is 341. The maximum absolute atomic E-state index is 5.50. The van der Waals surface area contributed by atoms with Gasteiger partial charge < -0.3 is 10.1 Å². The fraction of sp³-hybridized carbons (Fsp3) is 0.667. The molecule has 1 aromatic heterocycles. The number of pyridine rings is 1. The zero-order valence-corrected chi connectivity index (χ0v) is 12.1. The molecule has 1 aromatic rings. The molecule has 0 amide bonds. The molecule has 1 rings (SSSR count). The predicted molar refractivity (Wildman–Crippen MR) is 76.1 cm³/mol. The van der Waals surface area contributed by atoms with Crippen molar-refractivity contribution in [2.45, 2.75) is 40.0 Å². The molecule has 0 aliphatic rings. The third kappa shape index (κ3) is 4.65. The molecule has 1 heterocycles. The standard InChI is InChI=1S/C15H26N2O/c1-5-7-16-9-12(3)13(4)14-8-15(18-6-2)11-17-10-14/h8,10-13,16H,5-7,9H2,1-4H3. The van der Waals surface area contributed by atoms with Crippen molar-refractivity contribution >= 4 is 0 Å². The Hall–Kier alpha value is -1.09. The fourth-order valence-electron chi connectivity index (χ4n) is 1.94. The Morgan fingerprint density at radius 3 is 2.72 bits per heavy atom. The van der Waals surface area contributed by atoms with Gasteiger partial charge in [0, 0.05) is 6.20 Å². The first-order valence-corrected chi connectivity index (χ1v) is 6.97. The first-order valence-electron chi connectivity index (χ1n) is 6.97. The van der Waals surface area contributed by atoms with Crippen LogP contribution in [0.2, 0.25) is 0 Å². The molecule has 102 valence electrons. The van der Waals surface area contributed by atoms with E-state index in [0.29, 0.717) is 18.4 Å². The average Bonchev–Trinajstić information content (AvgIpc) is 2.39. The normalized spacial score (nSPS) is 14.2. The minimum atomic E-state index is 0.488. The van der Waals surface area contributed by atoms with Gasteiger partial charge in [0.15, 0.2) is 0 Å². The highest BCUT2D eigenvalue weighted by atomic mass is 16.5. The van der Waals surface area contributed by atoms with Crippen molar-refractivity contribution in [1.82, 2.24) is 10.3 Å². The summed E-state index contributed by atoms with van der Waals surface area (Å²) < 4.78 is 5.50. The maximum Gasteiger partial charge on any atom is 0.137 e. The van der Waals surface area contributed by atoms with Crippen LogP contribution in [-0.4, -0.2) is 24.7 Å². The Labute approximate surface area is 111 Å². The highest BCUT2D eigenvalue weighted by Crippen LogP contribution is 2.25. The summed E-state index contributed by atoms with van der Waals surface area (Å²) in [5.74, 6) is 1.95. The monoisotopic (exact) mass is 250 g/mol. The largest absolute Gasteiger partial charge is 0.492 e. The second-order valence-electron chi connectivity index (χ2n) is 4.86. The third-order valence-corrected chi connectivity index (χ3v) is 3.32. The van der Waals surface area contributed by atoms with Crippen molar-refractivity contribution in [3.63, 3.8) is 0 Å². The first-order chi connectivity index (χ1) is 8.69. The summed E-state index contributed by atoms with van der Waals surface area (Å²) in [4.78, 5) is 4.26. The zero-order valence-electron chi connectivity index (χ0n) is 12.1. The Morgan fingerprint density at radius 2 is 2.06 bits per heavy atom. The van der Waals surface area contributed by atoms with E-state index in [1.54, 1.807) is 6.20 Å². The SMILES string of the molecule is CCCNCC(C)C(C)c1cncc(OCC)c1. The number of rotatable bonds is 8. The van der Waals surface area contributed by atoms with E-state index >= 15 is 0 Å². The summed E-state index contributed by atoms with van der Waals surface area (Å²) in [6, 6.07) is 2.11. The van der Waals surface area contributed by atoms with Gasteiger partial charge in [0.1, 0.15) is 5.75 Å². The summed E-state index contributed by atoms with van der Waals surface area (Å²) in [6.07, 6.45) is 4.91. The van der Waals surface area contributed by atoms with Crippen molar-refractivity contribution in [1.29, 1.82) is 0 Å². The average molecular weight is 250 g/mol. The Morgan fingerprint density at radius 1 is 1.28 bits per heavy atom. The van der Waals surface area contributed by atoms with Crippen molar-refractivity contribution in [3.05, 3.63) is 24.0 Å². The smallest absolute Gasteiger partial charge is 0.137 e. The summed E-state index contributed by atoms with van der Waals surface area (Å²) in [5, 5.41) is 3.47. The zero-order chi connectivity index (χ0) is 13.4. The highest BCUT2D eigenvalue weighted by Gasteiger charge is 2.14. The molecule has 0 saturated carbocycles. The molecular formula is C15H26N2O. The van der Waals surface area contributed by atoms with E-state index in [-0.39, 0.29) is 0 Å². The Kier molecular flexibility index (Phi) is 6.73. The number of hydrogen-bond donors (Lipinski definition) is 1. The molecule has 3 nitrogen and oxygen atoms in total. The predicted octanol–water partition coefficient (Wildman–Crippen LogP) is 3.22. The van der Waals surface area contributed by atoms with Crippen LogP contribution in [0.4, 0.5) is 0 Å². The molecule has 0 saturated heterocycles. The molecule has 0 radical (unpaired) electrons. The molecule has 3 heteroatoms. The van der Waals surface area contributed by atoms with E-state index in [4.69, 9.17) is 4.74 Å². The van der Waals surface area contributed by atoms with E-state index in [0.717, 1.165) is 18.8 Å². The minimum Gasteiger partial charge on any atom is -0.492 e. The molecule has 2 unspecified atom stereocenters. The van der Waals surface area contributed by atoms with Crippen LogP contribution in [0.3, 0.4) is 0 Å². The number of nitrogens with one attached hydrogen (secondary N) is 1. The first kappa shape index (κ1) is 15.0. The molecule has 18 heavy (non-hydrogen) atoms. The van der Waals surface area contributed by atoms with Crippen LogP contribution in [0, 0.1) is 5.92 Å². The van der Waals surface area contributed by atoms with Gasteiger partial charge in [-0.1, -0.05) is 20.8 Å². The molecule has 0 bridgehead atoms. The van der Waals surface area contributed by atoms with E-state index in [2.05, 4.69) is 37.1 Å². The van der Waals surface area contributed by atoms with E-state index in [9.17, 15) is 0 Å². The molecule has 0 aromatic carbocycles. The number of hydrogen-bond acceptors (Lipinski definition) is 3. The summed E-state index contributed by atoms with van der Waals surface area (Å²) in [7, 11) is 0. The number of nitrogens with zero attached hydrogens (tertiary/aromatic N) is 1. The van der Waals surface area contributed by atoms with Crippen LogP contribution in [0.15, 0.2) is 18.5 Å². The van der Waals surface area contributed by atoms with Crippen LogP contribution in [0.25, 0.3) is 0 Å². The second-order valence-corrected chi connectivity index (χ2v) is 4.86. The highest BCUT2D eigenvalue weighted by molar-refractivity contribution is 5.26. The third-order valence-electron chi connectivity index (χ3n) is 3.32. The lowest BCUT2D eigenvalue weighted by Crippen LogP contribution is -2.25. The minimum absolute atomic E-state index is 0.488. The number of ether oxygens (including phenoxy) is 1. The molecule has 0 aliphatic heterocycles. The van der Waals surface area contributed by atoms with Gasteiger partial charge in [-0.15, -0.1) is 0 Å². The van der Waals surface area contributed by atoms with Gasteiger partial charge in [0.25, 0.3) is 0 Å². The van der Waals surface area contributed by atoms with E-state index in [1.165, 1.54) is 12.0 Å². The van der Waals surface area contributed by atoms with Gasteiger partial charge in [-0.25, -0.2) is 0 Å². The lowest BCUT2D eigenvalue weighted by Gasteiger charge is -2.21. The van der Waals surface area contributed by atoms with Gasteiger partial charge in [0.2, 0.25) is 0 Å². The number of aromatic nitrogens is 1. The maximum atomic E-state index is 5.50. The van der Waals surface area contributed by atoms with Crippen LogP contribution < -0.4 is 10.1 Å². The molecule has 2 atom stereocenters. The fourth-order valence-corrected chi connectivity index (χ4v) is 1.94. The second kappa shape index (κ2) is 8.09. The Balaban J connectivity index is 2.58. The van der Waals surface area contributed by atoms with Crippen molar-refractivity contribution < 1.29 is 4.74 Å². The summed E-state index contributed by atoms with van der Waals surface area (Å²) >= 11 is 0. The molecule has 0 fully saturated rings. The van der Waals surface area contributed by atoms with E-state index in [1.807, 2.05) is 13.1 Å².